The van der Waals surface area contributed by atoms with E-state index in [0.29, 0.717) is 5.56 Å². The van der Waals surface area contributed by atoms with Crippen LogP contribution in [0.25, 0.3) is 0 Å². The molecule has 0 fully saturated rings. The van der Waals surface area contributed by atoms with Gasteiger partial charge >= 0.3 is 0 Å². The summed E-state index contributed by atoms with van der Waals surface area (Å²) in [5.74, 6) is -0.437. The van der Waals surface area contributed by atoms with Gasteiger partial charge in [0.25, 0.3) is 0 Å². The predicted octanol–water partition coefficient (Wildman–Crippen LogP) is 1.91. The molecule has 0 aliphatic carbocycles. The first kappa shape index (κ1) is 13.6. The molecule has 4 heteroatoms. The average Bonchev–Trinajstić information content (AvgIpc) is 2.36. The molecule has 0 spiro atoms. The van der Waals surface area contributed by atoms with Gasteiger partial charge in [0.15, 0.2) is 0 Å². The first-order valence-corrected chi connectivity index (χ1v) is 5.83. The number of carbonyl (C=O) groups is 1. The average molecular weight is 238 g/mol. The zero-order valence-corrected chi connectivity index (χ0v) is 10.3. The molecule has 0 aromatic heterocycles. The molecule has 0 aliphatic heterocycles. The van der Waals surface area contributed by atoms with Gasteiger partial charge in [0.05, 0.1) is 6.54 Å². The first-order valence-electron chi connectivity index (χ1n) is 5.83. The smallest absolute Gasteiger partial charge is 0.236 e. The zero-order chi connectivity index (χ0) is 12.8. The molecule has 1 amide bonds. The van der Waals surface area contributed by atoms with Gasteiger partial charge in [-0.15, -0.1) is 0 Å². The van der Waals surface area contributed by atoms with Crippen LogP contribution in [0.3, 0.4) is 0 Å². The van der Waals surface area contributed by atoms with Crippen LogP contribution in [0, 0.1) is 5.82 Å². The summed E-state index contributed by atoms with van der Waals surface area (Å²) >= 11 is 0. The number of benzene rings is 1. The second-order valence-electron chi connectivity index (χ2n) is 4.07. The summed E-state index contributed by atoms with van der Waals surface area (Å²) in [5.41, 5.74) is 5.89. The third-order valence-corrected chi connectivity index (χ3v) is 2.92. The van der Waals surface area contributed by atoms with Gasteiger partial charge < -0.3 is 10.6 Å². The Labute approximate surface area is 101 Å². The second kappa shape index (κ2) is 6.35. The van der Waals surface area contributed by atoms with Gasteiger partial charge in [0.2, 0.25) is 5.91 Å². The van der Waals surface area contributed by atoms with Crippen molar-refractivity contribution in [3.05, 3.63) is 35.6 Å². The van der Waals surface area contributed by atoms with E-state index in [1.807, 2.05) is 13.8 Å². The van der Waals surface area contributed by atoms with E-state index in [-0.39, 0.29) is 30.9 Å². The Morgan fingerprint density at radius 1 is 1.47 bits per heavy atom. The molecule has 0 bridgehead atoms. The fraction of sp³-hybridized carbons (Fsp3) is 0.462. The molecule has 1 aromatic carbocycles. The highest BCUT2D eigenvalue weighted by atomic mass is 19.1. The van der Waals surface area contributed by atoms with Crippen molar-refractivity contribution in [1.82, 2.24) is 4.90 Å². The molecule has 17 heavy (non-hydrogen) atoms. The molecule has 0 saturated heterocycles. The highest BCUT2D eigenvalue weighted by Crippen LogP contribution is 2.13. The number of nitrogens with zero attached hydrogens (tertiary/aromatic N) is 1. The van der Waals surface area contributed by atoms with Crippen molar-refractivity contribution in [2.75, 3.05) is 6.54 Å². The Kier molecular flexibility index (Phi) is 5.10. The fourth-order valence-corrected chi connectivity index (χ4v) is 1.64. The van der Waals surface area contributed by atoms with Crippen LogP contribution < -0.4 is 5.73 Å². The number of hydrogen-bond donors (Lipinski definition) is 1. The van der Waals surface area contributed by atoms with Crippen LogP contribution in [-0.2, 0) is 11.3 Å². The normalized spacial score (nSPS) is 12.2. The number of halogens is 1. The number of carbonyl (C=O) groups excluding carboxylic acids is 1. The molecular weight excluding hydrogens is 219 g/mol. The van der Waals surface area contributed by atoms with Crippen LogP contribution in [0.1, 0.15) is 25.8 Å². The zero-order valence-electron chi connectivity index (χ0n) is 10.3. The summed E-state index contributed by atoms with van der Waals surface area (Å²) in [5, 5.41) is 0. The third kappa shape index (κ3) is 3.53. The molecular formula is C13H19FN2O. The fourth-order valence-electron chi connectivity index (χ4n) is 1.64. The summed E-state index contributed by atoms with van der Waals surface area (Å²) < 4.78 is 13.5. The molecule has 0 aliphatic rings. The molecule has 2 N–H and O–H groups in total. The Balaban J connectivity index is 2.87. The number of hydrogen-bond acceptors (Lipinski definition) is 2. The van der Waals surface area contributed by atoms with Crippen molar-refractivity contribution >= 4 is 5.91 Å². The van der Waals surface area contributed by atoms with Crippen LogP contribution >= 0.6 is 0 Å². The SMILES string of the molecule is CCC(C)N(Cc1ccccc1F)C(=O)CN. The van der Waals surface area contributed by atoms with Crippen molar-refractivity contribution in [1.29, 1.82) is 0 Å². The molecule has 1 atom stereocenters. The quantitative estimate of drug-likeness (QED) is 0.851. The minimum Gasteiger partial charge on any atom is -0.334 e. The van der Waals surface area contributed by atoms with E-state index >= 15 is 0 Å². The van der Waals surface area contributed by atoms with E-state index in [1.165, 1.54) is 6.07 Å². The highest BCUT2D eigenvalue weighted by molar-refractivity contribution is 5.78. The summed E-state index contributed by atoms with van der Waals surface area (Å²) in [7, 11) is 0. The van der Waals surface area contributed by atoms with E-state index in [2.05, 4.69) is 0 Å². The Morgan fingerprint density at radius 2 is 2.12 bits per heavy atom. The molecule has 0 radical (unpaired) electrons. The molecule has 0 heterocycles. The standard InChI is InChI=1S/C13H19FN2O/c1-3-10(2)16(13(17)8-15)9-11-6-4-5-7-12(11)14/h4-7,10H,3,8-9,15H2,1-2H3. The van der Waals surface area contributed by atoms with E-state index in [0.717, 1.165) is 6.42 Å². The van der Waals surface area contributed by atoms with Gasteiger partial charge in [-0.25, -0.2) is 4.39 Å². The lowest BCUT2D eigenvalue weighted by Gasteiger charge is -2.28. The topological polar surface area (TPSA) is 46.3 Å². The van der Waals surface area contributed by atoms with Crippen molar-refractivity contribution in [3.63, 3.8) is 0 Å². The van der Waals surface area contributed by atoms with Crippen molar-refractivity contribution in [2.45, 2.75) is 32.9 Å². The number of rotatable bonds is 5. The minimum absolute atomic E-state index is 0.0429. The van der Waals surface area contributed by atoms with Gasteiger partial charge in [-0.05, 0) is 19.4 Å². The maximum atomic E-state index is 13.5. The second-order valence-corrected chi connectivity index (χ2v) is 4.07. The van der Waals surface area contributed by atoms with Gasteiger partial charge in [-0.1, -0.05) is 25.1 Å². The molecule has 3 nitrogen and oxygen atoms in total. The monoisotopic (exact) mass is 238 g/mol. The van der Waals surface area contributed by atoms with E-state index < -0.39 is 0 Å². The lowest BCUT2D eigenvalue weighted by atomic mass is 10.1. The Bertz CT molecular complexity index is 381. The molecule has 1 unspecified atom stereocenters. The third-order valence-electron chi connectivity index (χ3n) is 2.92. The summed E-state index contributed by atoms with van der Waals surface area (Å²) in [4.78, 5) is 13.3. The van der Waals surface area contributed by atoms with Crippen molar-refractivity contribution in [3.8, 4) is 0 Å². The van der Waals surface area contributed by atoms with Crippen LogP contribution in [0.15, 0.2) is 24.3 Å². The minimum atomic E-state index is -0.286. The van der Waals surface area contributed by atoms with Crippen molar-refractivity contribution in [2.24, 2.45) is 5.73 Å². The van der Waals surface area contributed by atoms with Crippen LogP contribution in [0.4, 0.5) is 4.39 Å². The summed E-state index contributed by atoms with van der Waals surface area (Å²) in [6.45, 7) is 4.16. The van der Waals surface area contributed by atoms with Crippen molar-refractivity contribution < 1.29 is 9.18 Å². The van der Waals surface area contributed by atoms with Crippen LogP contribution in [0.2, 0.25) is 0 Å². The maximum absolute atomic E-state index is 13.5. The molecule has 1 rings (SSSR count). The highest BCUT2D eigenvalue weighted by Gasteiger charge is 2.18. The van der Waals surface area contributed by atoms with Crippen LogP contribution in [-0.4, -0.2) is 23.4 Å². The summed E-state index contributed by atoms with van der Waals surface area (Å²) in [6.07, 6.45) is 0.820. The Hall–Kier alpha value is -1.42. The Morgan fingerprint density at radius 3 is 2.65 bits per heavy atom. The van der Waals surface area contributed by atoms with Gasteiger partial charge in [0.1, 0.15) is 5.82 Å². The van der Waals surface area contributed by atoms with Crippen LogP contribution in [0.5, 0.6) is 0 Å². The predicted molar refractivity (Wildman–Crippen MR) is 65.8 cm³/mol. The maximum Gasteiger partial charge on any atom is 0.236 e. The number of nitrogens with two attached hydrogens (primary N) is 1. The van der Waals surface area contributed by atoms with E-state index in [4.69, 9.17) is 5.73 Å². The largest absolute Gasteiger partial charge is 0.334 e. The molecule has 0 saturated carbocycles. The summed E-state index contributed by atoms with van der Waals surface area (Å²) in [6, 6.07) is 6.55. The molecule has 1 aromatic rings. The first-order chi connectivity index (χ1) is 8.10. The number of amides is 1. The van der Waals surface area contributed by atoms with Gasteiger partial charge in [-0.2, -0.15) is 0 Å². The van der Waals surface area contributed by atoms with E-state index in [1.54, 1.807) is 23.1 Å². The van der Waals surface area contributed by atoms with Gasteiger partial charge in [0, 0.05) is 18.2 Å². The van der Waals surface area contributed by atoms with Gasteiger partial charge in [-0.3, -0.25) is 4.79 Å². The lowest BCUT2D eigenvalue weighted by molar-refractivity contribution is -0.132. The molecule has 94 valence electrons. The van der Waals surface area contributed by atoms with E-state index in [9.17, 15) is 9.18 Å². The lowest BCUT2D eigenvalue weighted by Crippen LogP contribution is -2.41.